The number of unbranched alkanes of at least 4 members (excludes halogenated alkanes) is 45. The molecular weight excluding hydrogens is 948 g/mol. The number of phosphoric ester groups is 1. The van der Waals surface area contributed by atoms with Crippen molar-refractivity contribution < 1.29 is 32.9 Å². The van der Waals surface area contributed by atoms with Crippen LogP contribution in [0, 0.1) is 0 Å². The summed E-state index contributed by atoms with van der Waals surface area (Å²) >= 11 is 0. The molecule has 0 aromatic rings. The maximum absolute atomic E-state index is 13.0. The molecule has 0 bridgehead atoms. The van der Waals surface area contributed by atoms with Crippen molar-refractivity contribution >= 4 is 13.7 Å². The fourth-order valence-electron chi connectivity index (χ4n) is 10.3. The third kappa shape index (κ3) is 60.5. The second kappa shape index (κ2) is 57.7. The molecule has 0 spiro atoms. The van der Waals surface area contributed by atoms with Crippen LogP contribution < -0.4 is 5.32 Å². The Labute approximate surface area is 468 Å². The summed E-state index contributed by atoms with van der Waals surface area (Å²) in [7, 11) is 1.63. The molecule has 3 atom stereocenters. The van der Waals surface area contributed by atoms with E-state index >= 15 is 0 Å². The monoisotopic (exact) mass is 1080 g/mol. The second-order valence-electron chi connectivity index (χ2n) is 24.2. The number of likely N-dealkylation sites (N-methyl/N-ethyl adjacent to an activating group) is 1. The van der Waals surface area contributed by atoms with E-state index in [1.54, 1.807) is 0 Å². The minimum Gasteiger partial charge on any atom is -0.391 e. The van der Waals surface area contributed by atoms with Crippen LogP contribution in [0.2, 0.25) is 0 Å². The molecule has 75 heavy (non-hydrogen) atoms. The lowest BCUT2D eigenvalue weighted by molar-refractivity contribution is -0.870. The molecule has 0 aromatic heterocycles. The molecule has 3 unspecified atom stereocenters. The van der Waals surface area contributed by atoms with Crippen LogP contribution in [0.15, 0.2) is 24.3 Å². The average Bonchev–Trinajstić information content (AvgIpc) is 3.37. The lowest BCUT2D eigenvalue weighted by Gasteiger charge is -2.26. The van der Waals surface area contributed by atoms with Crippen molar-refractivity contribution in [2.75, 3.05) is 40.9 Å². The van der Waals surface area contributed by atoms with Gasteiger partial charge in [-0.05, 0) is 44.9 Å². The van der Waals surface area contributed by atoms with E-state index in [1.807, 2.05) is 21.1 Å². The number of amides is 1. The summed E-state index contributed by atoms with van der Waals surface area (Å²) in [4.78, 5) is 23.3. The van der Waals surface area contributed by atoms with Gasteiger partial charge in [0, 0.05) is 6.42 Å². The average molecular weight is 1080 g/mol. The number of carbonyl (C=O) groups is 1. The number of nitrogens with zero attached hydrogens (tertiary/aromatic N) is 1. The van der Waals surface area contributed by atoms with Crippen molar-refractivity contribution in [2.24, 2.45) is 0 Å². The Morgan fingerprint density at radius 1 is 0.453 bits per heavy atom. The van der Waals surface area contributed by atoms with E-state index < -0.39 is 20.0 Å². The highest BCUT2D eigenvalue weighted by Crippen LogP contribution is 2.43. The summed E-state index contributed by atoms with van der Waals surface area (Å²) in [6.07, 6.45) is 74.3. The number of hydrogen-bond donors (Lipinski definition) is 3. The largest absolute Gasteiger partial charge is 0.472 e. The van der Waals surface area contributed by atoms with Gasteiger partial charge in [0.05, 0.1) is 39.9 Å². The molecule has 0 saturated heterocycles. The van der Waals surface area contributed by atoms with Gasteiger partial charge in [-0.25, -0.2) is 4.57 Å². The van der Waals surface area contributed by atoms with Crippen LogP contribution in [0.1, 0.15) is 341 Å². The standard InChI is InChI=1S/C66H131N2O6P/c1-6-8-10-12-14-16-18-20-22-23-24-25-26-27-28-29-30-31-32-33-34-35-36-37-38-39-40-41-42-43-44-45-46-48-50-52-54-56-58-60-66(70)67-64(63-74-75(71,72)73-62-61-68(3,4)5)65(69)59-57-55-53-51-49-47-21-19-17-15-13-11-9-7-2/h18,20,23-24,64-65,69H,6-17,19,21-22,25-63H2,1-5H3,(H-,67,70,71,72)/p+1/b20-18-,24-23-. The molecule has 446 valence electrons. The van der Waals surface area contributed by atoms with Crippen LogP contribution in [-0.4, -0.2) is 73.4 Å². The van der Waals surface area contributed by atoms with E-state index in [1.165, 1.54) is 270 Å². The number of aliphatic hydroxyl groups excluding tert-OH is 1. The van der Waals surface area contributed by atoms with Gasteiger partial charge in [0.2, 0.25) is 5.91 Å². The lowest BCUT2D eigenvalue weighted by Crippen LogP contribution is -2.46. The van der Waals surface area contributed by atoms with Gasteiger partial charge >= 0.3 is 7.82 Å². The molecule has 0 aliphatic carbocycles. The highest BCUT2D eigenvalue weighted by molar-refractivity contribution is 7.47. The van der Waals surface area contributed by atoms with Crippen LogP contribution in [0.25, 0.3) is 0 Å². The number of hydrogen-bond acceptors (Lipinski definition) is 5. The second-order valence-corrected chi connectivity index (χ2v) is 25.7. The van der Waals surface area contributed by atoms with Crippen LogP contribution in [-0.2, 0) is 18.4 Å². The lowest BCUT2D eigenvalue weighted by atomic mass is 10.0. The summed E-state index contributed by atoms with van der Waals surface area (Å²) in [5, 5.41) is 14.1. The quantitative estimate of drug-likeness (QED) is 0.0243. The van der Waals surface area contributed by atoms with Gasteiger partial charge in [-0.3, -0.25) is 13.8 Å². The van der Waals surface area contributed by atoms with Gasteiger partial charge in [0.25, 0.3) is 0 Å². The predicted octanol–water partition coefficient (Wildman–Crippen LogP) is 20.7. The van der Waals surface area contributed by atoms with Crippen molar-refractivity contribution in [2.45, 2.75) is 353 Å². The maximum atomic E-state index is 13.0. The van der Waals surface area contributed by atoms with Gasteiger partial charge in [-0.15, -0.1) is 0 Å². The number of quaternary nitrogens is 1. The summed E-state index contributed by atoms with van der Waals surface area (Å²) < 4.78 is 23.8. The molecule has 0 saturated carbocycles. The van der Waals surface area contributed by atoms with Gasteiger partial charge in [0.15, 0.2) is 0 Å². The van der Waals surface area contributed by atoms with Crippen LogP contribution in [0.3, 0.4) is 0 Å². The normalized spacial score (nSPS) is 13.9. The van der Waals surface area contributed by atoms with Crippen molar-refractivity contribution in [1.29, 1.82) is 0 Å². The summed E-state index contributed by atoms with van der Waals surface area (Å²) in [6, 6.07) is -0.757. The molecule has 0 aliphatic rings. The molecule has 0 heterocycles. The van der Waals surface area contributed by atoms with E-state index in [0.29, 0.717) is 23.9 Å². The first-order valence-electron chi connectivity index (χ1n) is 33.2. The first-order valence-corrected chi connectivity index (χ1v) is 34.7. The summed E-state index contributed by atoms with van der Waals surface area (Å²) in [5.74, 6) is -0.137. The minimum absolute atomic E-state index is 0.0778. The zero-order chi connectivity index (χ0) is 54.9. The molecule has 9 heteroatoms. The zero-order valence-electron chi connectivity index (χ0n) is 51.1. The first-order chi connectivity index (χ1) is 36.5. The summed E-state index contributed by atoms with van der Waals surface area (Å²) in [5.41, 5.74) is 0. The minimum atomic E-state index is -4.32. The molecule has 0 rings (SSSR count). The smallest absolute Gasteiger partial charge is 0.391 e. The molecule has 3 N–H and O–H groups in total. The fourth-order valence-corrected chi connectivity index (χ4v) is 11.0. The molecule has 8 nitrogen and oxygen atoms in total. The Hall–Kier alpha value is -1.02. The van der Waals surface area contributed by atoms with Gasteiger partial charge in [-0.1, -0.05) is 314 Å². The number of carbonyl (C=O) groups excluding carboxylic acids is 1. The Morgan fingerprint density at radius 3 is 1.09 bits per heavy atom. The fraction of sp³-hybridized carbons (Fsp3) is 0.924. The first kappa shape index (κ1) is 74.0. The SMILES string of the molecule is CCCCCCC/C=C\C/C=C\CCCCCCCCCCCCCCCCCCCCCCCCCCCCCC(=O)NC(COP(=O)(O)OCC[N+](C)(C)C)C(O)CCCCCCCCCCCCCCCC. The third-order valence-electron chi connectivity index (χ3n) is 15.5. The van der Waals surface area contributed by atoms with Crippen molar-refractivity contribution in [1.82, 2.24) is 5.32 Å². The van der Waals surface area contributed by atoms with E-state index in [2.05, 4.69) is 43.5 Å². The van der Waals surface area contributed by atoms with Crippen molar-refractivity contribution in [3.8, 4) is 0 Å². The molecule has 0 fully saturated rings. The molecule has 0 aromatic carbocycles. The Bertz CT molecular complexity index is 1270. The topological polar surface area (TPSA) is 105 Å². The predicted molar refractivity (Wildman–Crippen MR) is 328 cm³/mol. The number of nitrogens with one attached hydrogen (secondary N) is 1. The number of rotatable bonds is 62. The van der Waals surface area contributed by atoms with E-state index in [9.17, 15) is 19.4 Å². The van der Waals surface area contributed by atoms with Crippen molar-refractivity contribution in [3.63, 3.8) is 0 Å². The Morgan fingerprint density at radius 2 is 0.760 bits per heavy atom. The third-order valence-corrected chi connectivity index (χ3v) is 16.4. The van der Waals surface area contributed by atoms with Crippen LogP contribution in [0.4, 0.5) is 0 Å². The van der Waals surface area contributed by atoms with Gasteiger partial charge in [-0.2, -0.15) is 0 Å². The van der Waals surface area contributed by atoms with E-state index in [4.69, 9.17) is 9.05 Å². The summed E-state index contributed by atoms with van der Waals surface area (Å²) in [6.45, 7) is 4.92. The molecule has 0 aliphatic heterocycles. The Kier molecular flexibility index (Phi) is 56.9. The molecular formula is C66H132N2O6P+. The van der Waals surface area contributed by atoms with E-state index in [0.717, 1.165) is 44.9 Å². The highest BCUT2D eigenvalue weighted by Gasteiger charge is 2.28. The maximum Gasteiger partial charge on any atom is 0.472 e. The zero-order valence-corrected chi connectivity index (χ0v) is 52.0. The highest BCUT2D eigenvalue weighted by atomic mass is 31.2. The van der Waals surface area contributed by atoms with Crippen LogP contribution in [0.5, 0.6) is 0 Å². The van der Waals surface area contributed by atoms with Gasteiger partial charge < -0.3 is 19.8 Å². The molecule has 0 radical (unpaired) electrons. The Balaban J connectivity index is 3.84. The van der Waals surface area contributed by atoms with Crippen LogP contribution >= 0.6 is 7.82 Å². The van der Waals surface area contributed by atoms with Crippen molar-refractivity contribution in [3.05, 3.63) is 24.3 Å². The molecule has 1 amide bonds. The number of allylic oxidation sites excluding steroid dienone is 4. The number of aliphatic hydroxyl groups is 1. The van der Waals surface area contributed by atoms with Gasteiger partial charge in [0.1, 0.15) is 13.2 Å². The van der Waals surface area contributed by atoms with E-state index in [-0.39, 0.29) is 19.1 Å². The number of phosphoric acid groups is 1.